The largest absolute Gasteiger partial charge is 0.494 e. The summed E-state index contributed by atoms with van der Waals surface area (Å²) < 4.78 is 6.50. The van der Waals surface area contributed by atoms with E-state index in [-0.39, 0.29) is 44.5 Å². The fraction of sp³-hybridized carbons (Fsp3) is 0.356. The van der Waals surface area contributed by atoms with Crippen LogP contribution < -0.4 is 19.9 Å². The van der Waals surface area contributed by atoms with Gasteiger partial charge in [-0.2, -0.15) is 0 Å². The lowest BCUT2D eigenvalue weighted by Crippen LogP contribution is -2.49. The molecule has 0 spiro atoms. The predicted molar refractivity (Wildman–Crippen MR) is 224 cm³/mol. The van der Waals surface area contributed by atoms with Crippen LogP contribution in [0.3, 0.4) is 0 Å². The molecule has 0 saturated carbocycles. The maximum Gasteiger partial charge on any atom is 0.264 e. The smallest absolute Gasteiger partial charge is 0.264 e. The first kappa shape index (κ1) is 41.8. The number of hydrogen-bond donors (Lipinski definition) is 4. The Morgan fingerprint density at radius 1 is 0.982 bits per heavy atom. The number of nitrogens with one attached hydrogen (secondary N) is 1. The van der Waals surface area contributed by atoms with Crippen molar-refractivity contribution in [1.29, 1.82) is 0 Å². The van der Waals surface area contributed by atoms with Crippen LogP contribution in [0.2, 0.25) is 0 Å². The molecule has 57 heavy (non-hydrogen) atoms. The molecular formula is C45H51BrN4O7. The van der Waals surface area contributed by atoms with Gasteiger partial charge >= 0.3 is 0 Å². The highest BCUT2D eigenvalue weighted by Crippen LogP contribution is 2.47. The van der Waals surface area contributed by atoms with E-state index in [9.17, 15) is 29.7 Å². The number of carbonyl (C=O) groups is 3. The van der Waals surface area contributed by atoms with Crippen LogP contribution in [0.25, 0.3) is 0 Å². The third kappa shape index (κ3) is 9.32. The predicted octanol–water partition coefficient (Wildman–Crippen LogP) is 6.14. The number of rotatable bonds is 18. The van der Waals surface area contributed by atoms with Gasteiger partial charge in [-0.1, -0.05) is 77.5 Å². The lowest BCUT2D eigenvalue weighted by atomic mass is 9.83. The van der Waals surface area contributed by atoms with E-state index in [0.29, 0.717) is 53.9 Å². The zero-order valence-electron chi connectivity index (χ0n) is 32.4. The van der Waals surface area contributed by atoms with Gasteiger partial charge in [-0.05, 0) is 98.0 Å². The summed E-state index contributed by atoms with van der Waals surface area (Å²) in [7, 11) is 0. The lowest BCUT2D eigenvalue weighted by Gasteiger charge is -2.35. The van der Waals surface area contributed by atoms with Crippen molar-refractivity contribution in [2.24, 2.45) is 5.92 Å². The Hall–Kier alpha value is -4.85. The summed E-state index contributed by atoms with van der Waals surface area (Å²) in [5, 5.41) is 34.6. The molecule has 0 fully saturated rings. The Bertz CT molecular complexity index is 2080. The standard InChI is InChI=1S/C45H51BrN4O7/c1-3-57-37-18-20-40-34(26-37)27-39(47-21-7-8-23-51)43(54)50(40)36-15-10-14-33(25-36)30-49-41-19-17-35(46)28-38(41)45(56,44(49)55)31(2)11-9-16-42(53)48(22-24-52)29-32-12-5-4-6-13-32/h4-6,9-15,17-20,25-26,28,31,39,47,51-52,56H,3,7-8,16,21-24,27,29-30H2,1-2H3/b11-9+/t31-,39?,45+/m0/s1. The molecule has 4 aromatic carbocycles. The normalized spacial score (nSPS) is 18.2. The van der Waals surface area contributed by atoms with Gasteiger partial charge in [0.15, 0.2) is 5.60 Å². The molecule has 11 nitrogen and oxygen atoms in total. The molecule has 2 aliphatic rings. The van der Waals surface area contributed by atoms with Crippen molar-refractivity contribution in [2.45, 2.75) is 64.3 Å². The number of nitrogens with zero attached hydrogens (tertiary/aromatic N) is 3. The molecule has 0 aliphatic carbocycles. The summed E-state index contributed by atoms with van der Waals surface area (Å²) in [6.07, 6.45) is 5.29. The van der Waals surface area contributed by atoms with Gasteiger partial charge in [-0.3, -0.25) is 19.3 Å². The van der Waals surface area contributed by atoms with Gasteiger partial charge in [0, 0.05) is 47.8 Å². The second-order valence-electron chi connectivity index (χ2n) is 14.5. The van der Waals surface area contributed by atoms with Crippen molar-refractivity contribution in [3.63, 3.8) is 0 Å². The third-order valence-electron chi connectivity index (χ3n) is 10.6. The Labute approximate surface area is 342 Å². The fourth-order valence-electron chi connectivity index (χ4n) is 7.63. The first-order valence-electron chi connectivity index (χ1n) is 19.6. The van der Waals surface area contributed by atoms with Gasteiger partial charge < -0.3 is 35.2 Å². The lowest BCUT2D eigenvalue weighted by molar-refractivity contribution is -0.139. The van der Waals surface area contributed by atoms with E-state index in [1.54, 1.807) is 39.8 Å². The van der Waals surface area contributed by atoms with Crippen molar-refractivity contribution in [2.75, 3.05) is 42.7 Å². The van der Waals surface area contributed by atoms with Gasteiger partial charge in [0.1, 0.15) is 5.75 Å². The molecule has 2 aliphatic heterocycles. The fourth-order valence-corrected chi connectivity index (χ4v) is 7.99. The minimum Gasteiger partial charge on any atom is -0.494 e. The maximum absolute atomic E-state index is 14.4. The summed E-state index contributed by atoms with van der Waals surface area (Å²) in [6, 6.07) is 27.8. The molecular weight excluding hydrogens is 788 g/mol. The maximum atomic E-state index is 14.4. The van der Waals surface area contributed by atoms with Crippen LogP contribution in [0.5, 0.6) is 5.75 Å². The van der Waals surface area contributed by atoms with Crippen molar-refractivity contribution < 1.29 is 34.4 Å². The quantitative estimate of drug-likeness (QED) is 0.0693. The molecule has 6 rings (SSSR count). The number of unbranched alkanes of at least 4 members (excludes halogenated alkanes) is 1. The zero-order chi connectivity index (χ0) is 40.5. The number of halogens is 1. The molecule has 3 amide bonds. The molecule has 4 aromatic rings. The molecule has 0 bridgehead atoms. The molecule has 2 heterocycles. The van der Waals surface area contributed by atoms with E-state index < -0.39 is 23.5 Å². The molecule has 300 valence electrons. The molecule has 0 saturated heterocycles. The number of benzene rings is 4. The van der Waals surface area contributed by atoms with Gasteiger partial charge in [0.25, 0.3) is 5.91 Å². The number of aliphatic hydroxyl groups is 3. The summed E-state index contributed by atoms with van der Waals surface area (Å²) in [5.41, 5.74) is 3.18. The van der Waals surface area contributed by atoms with E-state index in [0.717, 1.165) is 34.5 Å². The summed E-state index contributed by atoms with van der Waals surface area (Å²) in [6.45, 7) is 5.40. The Morgan fingerprint density at radius 2 is 1.75 bits per heavy atom. The zero-order valence-corrected chi connectivity index (χ0v) is 34.0. The number of aliphatic hydroxyl groups excluding tert-OH is 2. The SMILES string of the molecule is CCOc1ccc2c(c1)CC(NCCCCO)C(=O)N2c1cccc(CN2C(=O)[C@@](O)([C@@H](C)/C=C/CC(=O)N(CCO)Cc3ccccc3)c3cc(Br)ccc32)c1. The van der Waals surface area contributed by atoms with E-state index in [4.69, 9.17) is 4.74 Å². The van der Waals surface area contributed by atoms with Crippen LogP contribution in [0.4, 0.5) is 17.1 Å². The molecule has 12 heteroatoms. The first-order chi connectivity index (χ1) is 27.6. The number of fused-ring (bicyclic) bond motifs is 2. The minimum absolute atomic E-state index is 0.0353. The number of hydrogen-bond acceptors (Lipinski definition) is 8. The van der Waals surface area contributed by atoms with Crippen molar-refractivity contribution in [1.82, 2.24) is 10.2 Å². The Balaban J connectivity index is 1.23. The average molecular weight is 840 g/mol. The van der Waals surface area contributed by atoms with Gasteiger partial charge in [0.2, 0.25) is 11.8 Å². The van der Waals surface area contributed by atoms with Crippen molar-refractivity contribution in [3.05, 3.63) is 130 Å². The molecule has 1 unspecified atom stereocenters. The second kappa shape index (κ2) is 19.1. The Kier molecular flexibility index (Phi) is 14.0. The van der Waals surface area contributed by atoms with Crippen LogP contribution in [0.1, 0.15) is 55.4 Å². The topological polar surface area (TPSA) is 143 Å². The van der Waals surface area contributed by atoms with E-state index in [1.165, 1.54) is 0 Å². The van der Waals surface area contributed by atoms with Gasteiger partial charge in [0.05, 0.1) is 37.2 Å². The van der Waals surface area contributed by atoms with E-state index >= 15 is 0 Å². The second-order valence-corrected chi connectivity index (χ2v) is 15.4. The van der Waals surface area contributed by atoms with Crippen LogP contribution >= 0.6 is 15.9 Å². The van der Waals surface area contributed by atoms with Crippen molar-refractivity contribution in [3.8, 4) is 5.75 Å². The van der Waals surface area contributed by atoms with Crippen LogP contribution in [0, 0.1) is 5.92 Å². The molecule has 3 atom stereocenters. The molecule has 0 radical (unpaired) electrons. The van der Waals surface area contributed by atoms with Crippen LogP contribution in [-0.2, 0) is 39.5 Å². The van der Waals surface area contributed by atoms with Gasteiger partial charge in [-0.25, -0.2) is 0 Å². The molecule has 4 N–H and O–H groups in total. The van der Waals surface area contributed by atoms with Crippen LogP contribution in [-0.4, -0.2) is 76.9 Å². The summed E-state index contributed by atoms with van der Waals surface area (Å²) >= 11 is 3.52. The third-order valence-corrected chi connectivity index (χ3v) is 11.1. The van der Waals surface area contributed by atoms with Crippen LogP contribution in [0.15, 0.2) is 108 Å². The summed E-state index contributed by atoms with van der Waals surface area (Å²) in [4.78, 5) is 46.7. The average Bonchev–Trinajstić information content (AvgIpc) is 3.41. The minimum atomic E-state index is -1.92. The van der Waals surface area contributed by atoms with Crippen molar-refractivity contribution >= 4 is 50.7 Å². The van der Waals surface area contributed by atoms with Gasteiger partial charge in [-0.15, -0.1) is 0 Å². The van der Waals surface area contributed by atoms with E-state index in [1.807, 2.05) is 91.9 Å². The Morgan fingerprint density at radius 3 is 2.51 bits per heavy atom. The highest BCUT2D eigenvalue weighted by molar-refractivity contribution is 9.10. The number of ether oxygens (including phenoxy) is 1. The summed E-state index contributed by atoms with van der Waals surface area (Å²) in [5.74, 6) is -0.752. The number of carbonyl (C=O) groups excluding carboxylic acids is 3. The first-order valence-corrected chi connectivity index (χ1v) is 20.3. The number of amides is 3. The highest BCUT2D eigenvalue weighted by Gasteiger charge is 2.52. The number of anilines is 3. The van der Waals surface area contributed by atoms with E-state index in [2.05, 4.69) is 21.2 Å². The monoisotopic (exact) mass is 838 g/mol. The molecule has 0 aromatic heterocycles. The highest BCUT2D eigenvalue weighted by atomic mass is 79.9.